The number of aromatic nitrogens is 1. The van der Waals surface area contributed by atoms with Crippen molar-refractivity contribution in [2.24, 2.45) is 10.9 Å². The van der Waals surface area contributed by atoms with Gasteiger partial charge in [-0.15, -0.1) is 0 Å². The highest BCUT2D eigenvalue weighted by molar-refractivity contribution is 6.06. The number of pyridine rings is 1. The predicted octanol–water partition coefficient (Wildman–Crippen LogP) is 3.00. The standard InChI is InChI=1S/C24H22N4O3/c1-24(23(25)30,17-7-3-2-4-8-17)18-9-11-19(12-10-18)27-22(29)21-14-20(28-31-21)16-6-5-13-26-15-16/h2-13,15,21H,14H2,1H3,(H2,25,30)(H,27,29). The maximum atomic E-state index is 12.6. The van der Waals surface area contributed by atoms with E-state index in [0.29, 0.717) is 17.8 Å². The van der Waals surface area contributed by atoms with E-state index < -0.39 is 17.4 Å². The first kappa shape index (κ1) is 20.3. The Morgan fingerprint density at radius 2 is 1.74 bits per heavy atom. The van der Waals surface area contributed by atoms with Crippen LogP contribution in [0.2, 0.25) is 0 Å². The van der Waals surface area contributed by atoms with Crippen LogP contribution in [0.15, 0.2) is 84.3 Å². The number of oxime groups is 1. The van der Waals surface area contributed by atoms with Gasteiger partial charge in [-0.1, -0.05) is 47.6 Å². The quantitative estimate of drug-likeness (QED) is 0.646. The van der Waals surface area contributed by atoms with Crippen molar-refractivity contribution in [3.05, 3.63) is 95.8 Å². The van der Waals surface area contributed by atoms with Crippen molar-refractivity contribution in [3.8, 4) is 0 Å². The molecule has 1 aromatic heterocycles. The summed E-state index contributed by atoms with van der Waals surface area (Å²) in [5.74, 6) is -0.744. The van der Waals surface area contributed by atoms with Crippen LogP contribution in [0, 0.1) is 0 Å². The third-order valence-electron chi connectivity index (χ3n) is 5.53. The molecule has 0 bridgehead atoms. The Morgan fingerprint density at radius 1 is 1.03 bits per heavy atom. The molecule has 2 unspecified atom stereocenters. The first-order chi connectivity index (χ1) is 15.0. The number of amides is 2. The van der Waals surface area contributed by atoms with Crippen LogP contribution in [0.3, 0.4) is 0 Å². The SMILES string of the molecule is CC(C(N)=O)(c1ccccc1)c1ccc(NC(=O)C2CC(c3cccnc3)=NO2)cc1. The third-order valence-corrected chi connectivity index (χ3v) is 5.53. The minimum atomic E-state index is -0.981. The summed E-state index contributed by atoms with van der Waals surface area (Å²) in [7, 11) is 0. The first-order valence-corrected chi connectivity index (χ1v) is 9.88. The number of rotatable bonds is 6. The average molecular weight is 414 g/mol. The Balaban J connectivity index is 1.45. The lowest BCUT2D eigenvalue weighted by atomic mass is 9.75. The molecule has 3 N–H and O–H groups in total. The molecule has 0 spiro atoms. The summed E-state index contributed by atoms with van der Waals surface area (Å²) < 4.78 is 0. The Labute approximate surface area is 179 Å². The maximum absolute atomic E-state index is 12.6. The number of benzene rings is 2. The number of nitrogens with one attached hydrogen (secondary N) is 1. The second kappa shape index (κ2) is 8.39. The van der Waals surface area contributed by atoms with Gasteiger partial charge in [-0.3, -0.25) is 14.6 Å². The van der Waals surface area contributed by atoms with E-state index in [2.05, 4.69) is 15.5 Å². The molecule has 2 amide bonds. The van der Waals surface area contributed by atoms with Crippen LogP contribution in [-0.2, 0) is 19.8 Å². The fraction of sp³-hybridized carbons (Fsp3) is 0.167. The summed E-state index contributed by atoms with van der Waals surface area (Å²) in [4.78, 5) is 34.3. The Hall–Kier alpha value is -4.00. The smallest absolute Gasteiger partial charge is 0.268 e. The van der Waals surface area contributed by atoms with Crippen LogP contribution in [-0.4, -0.2) is 28.6 Å². The van der Waals surface area contributed by atoms with E-state index in [1.54, 1.807) is 43.6 Å². The largest absolute Gasteiger partial charge is 0.382 e. The van der Waals surface area contributed by atoms with Crippen LogP contribution in [0.4, 0.5) is 5.69 Å². The van der Waals surface area contributed by atoms with Gasteiger partial charge in [-0.05, 0) is 42.3 Å². The number of hydrogen-bond donors (Lipinski definition) is 2. The summed E-state index contributed by atoms with van der Waals surface area (Å²) in [6.07, 6.45) is 3.01. The van der Waals surface area contributed by atoms with Crippen LogP contribution in [0.1, 0.15) is 30.0 Å². The normalized spacial score (nSPS) is 17.2. The topological polar surface area (TPSA) is 107 Å². The summed E-state index contributed by atoms with van der Waals surface area (Å²) in [5, 5.41) is 6.85. The van der Waals surface area contributed by atoms with E-state index in [4.69, 9.17) is 10.6 Å². The molecule has 2 aromatic carbocycles. The average Bonchev–Trinajstić information content (AvgIpc) is 3.31. The van der Waals surface area contributed by atoms with Gasteiger partial charge in [0.25, 0.3) is 5.91 Å². The summed E-state index contributed by atoms with van der Waals surface area (Å²) in [5.41, 5.74) is 8.42. The van der Waals surface area contributed by atoms with Crippen LogP contribution >= 0.6 is 0 Å². The molecule has 0 aliphatic carbocycles. The van der Waals surface area contributed by atoms with Gasteiger partial charge in [0.1, 0.15) is 0 Å². The van der Waals surface area contributed by atoms with Crippen molar-refractivity contribution >= 4 is 23.2 Å². The van der Waals surface area contributed by atoms with Crippen molar-refractivity contribution in [3.63, 3.8) is 0 Å². The number of hydrogen-bond acceptors (Lipinski definition) is 5. The number of primary amides is 1. The van der Waals surface area contributed by atoms with E-state index in [9.17, 15) is 9.59 Å². The second-order valence-electron chi connectivity index (χ2n) is 7.50. The molecule has 1 aliphatic rings. The molecule has 156 valence electrons. The monoisotopic (exact) mass is 414 g/mol. The number of nitrogens with two attached hydrogens (primary N) is 1. The molecule has 2 heterocycles. The highest BCUT2D eigenvalue weighted by Gasteiger charge is 2.35. The molecule has 0 saturated carbocycles. The zero-order valence-electron chi connectivity index (χ0n) is 17.0. The molecule has 3 aromatic rings. The molecule has 0 fully saturated rings. The molecule has 1 aliphatic heterocycles. The summed E-state index contributed by atoms with van der Waals surface area (Å²) in [6, 6.07) is 20.1. The van der Waals surface area contributed by atoms with Gasteiger partial charge in [0.15, 0.2) is 0 Å². The second-order valence-corrected chi connectivity index (χ2v) is 7.50. The van der Waals surface area contributed by atoms with Gasteiger partial charge in [0, 0.05) is 30.1 Å². The van der Waals surface area contributed by atoms with Crippen LogP contribution in [0.25, 0.3) is 0 Å². The number of nitrogens with zero attached hydrogens (tertiary/aromatic N) is 2. The van der Waals surface area contributed by atoms with Gasteiger partial charge >= 0.3 is 0 Å². The van der Waals surface area contributed by atoms with Crippen molar-refractivity contribution in [1.29, 1.82) is 0 Å². The summed E-state index contributed by atoms with van der Waals surface area (Å²) in [6.45, 7) is 1.79. The van der Waals surface area contributed by atoms with E-state index in [1.807, 2.05) is 42.5 Å². The number of carbonyl (C=O) groups excluding carboxylic acids is 2. The van der Waals surface area contributed by atoms with Crippen molar-refractivity contribution in [2.75, 3.05) is 5.32 Å². The Morgan fingerprint density at radius 3 is 2.39 bits per heavy atom. The number of anilines is 1. The van der Waals surface area contributed by atoms with Gasteiger partial charge < -0.3 is 15.9 Å². The fourth-order valence-corrected chi connectivity index (χ4v) is 3.55. The molecular weight excluding hydrogens is 392 g/mol. The first-order valence-electron chi connectivity index (χ1n) is 9.88. The predicted molar refractivity (Wildman–Crippen MR) is 117 cm³/mol. The highest BCUT2D eigenvalue weighted by atomic mass is 16.6. The molecule has 4 rings (SSSR count). The molecule has 2 atom stereocenters. The molecule has 7 nitrogen and oxygen atoms in total. The van der Waals surface area contributed by atoms with E-state index in [-0.39, 0.29) is 5.91 Å². The van der Waals surface area contributed by atoms with Gasteiger partial charge in [-0.25, -0.2) is 0 Å². The van der Waals surface area contributed by atoms with Gasteiger partial charge in [-0.2, -0.15) is 0 Å². The lowest BCUT2D eigenvalue weighted by Crippen LogP contribution is -2.39. The van der Waals surface area contributed by atoms with Crippen molar-refractivity contribution in [2.45, 2.75) is 24.9 Å². The van der Waals surface area contributed by atoms with Crippen LogP contribution < -0.4 is 11.1 Å². The lowest BCUT2D eigenvalue weighted by molar-refractivity contribution is -0.125. The zero-order valence-corrected chi connectivity index (χ0v) is 17.0. The van der Waals surface area contributed by atoms with Crippen molar-refractivity contribution in [1.82, 2.24) is 4.98 Å². The highest BCUT2D eigenvalue weighted by Crippen LogP contribution is 2.32. The minimum Gasteiger partial charge on any atom is -0.382 e. The van der Waals surface area contributed by atoms with Crippen LogP contribution in [0.5, 0.6) is 0 Å². The maximum Gasteiger partial charge on any atom is 0.268 e. The number of carbonyl (C=O) groups is 2. The molecule has 31 heavy (non-hydrogen) atoms. The molecule has 7 heteroatoms. The minimum absolute atomic E-state index is 0.295. The fourth-order valence-electron chi connectivity index (χ4n) is 3.55. The summed E-state index contributed by atoms with van der Waals surface area (Å²) >= 11 is 0. The van der Waals surface area contributed by atoms with E-state index in [1.165, 1.54) is 0 Å². The van der Waals surface area contributed by atoms with E-state index in [0.717, 1.165) is 16.7 Å². The van der Waals surface area contributed by atoms with Gasteiger partial charge in [0.05, 0.1) is 11.1 Å². The molecule has 0 saturated heterocycles. The zero-order chi connectivity index (χ0) is 21.8. The third kappa shape index (κ3) is 4.02. The Kier molecular flexibility index (Phi) is 5.49. The van der Waals surface area contributed by atoms with Crippen molar-refractivity contribution < 1.29 is 14.4 Å². The Bertz CT molecular complexity index is 1110. The lowest BCUT2D eigenvalue weighted by Gasteiger charge is -2.27. The van der Waals surface area contributed by atoms with E-state index >= 15 is 0 Å². The molecular formula is C24H22N4O3. The molecule has 0 radical (unpaired) electrons. The van der Waals surface area contributed by atoms with Gasteiger partial charge in [0.2, 0.25) is 12.0 Å².